The summed E-state index contributed by atoms with van der Waals surface area (Å²) in [6, 6.07) is 0.328. The number of aliphatic carboxylic acids is 1. The van der Waals surface area contributed by atoms with Crippen molar-refractivity contribution in [2.45, 2.75) is 44.6 Å². The fraction of sp³-hybridized carbons (Fsp3) is 0.818. The van der Waals surface area contributed by atoms with Crippen molar-refractivity contribution in [2.75, 3.05) is 0 Å². The average Bonchev–Trinajstić information content (AvgIpc) is 3.01. The first-order valence-corrected chi connectivity index (χ1v) is 5.71. The highest BCUT2D eigenvalue weighted by molar-refractivity contribution is 5.85. The Kier molecular flexibility index (Phi) is 2.93. The number of carboxylic acids is 1. The first kappa shape index (κ1) is 10.5. The topological polar surface area (TPSA) is 66.4 Å². The molecule has 0 spiro atoms. The molecule has 0 radical (unpaired) electrons. The maximum atomic E-state index is 11.8. The predicted octanol–water partition coefficient (Wildman–Crippen LogP) is 1.16. The number of hydrogen-bond donors (Lipinski definition) is 2. The van der Waals surface area contributed by atoms with Crippen molar-refractivity contribution in [1.82, 2.24) is 5.32 Å². The zero-order valence-electron chi connectivity index (χ0n) is 8.74. The summed E-state index contributed by atoms with van der Waals surface area (Å²) in [5.74, 6) is -1.61. The molecule has 2 fully saturated rings. The van der Waals surface area contributed by atoms with Crippen LogP contribution in [0.1, 0.15) is 38.5 Å². The van der Waals surface area contributed by atoms with Gasteiger partial charge in [-0.25, -0.2) is 0 Å². The molecular formula is C11H17NO3. The number of amides is 1. The van der Waals surface area contributed by atoms with Crippen LogP contribution in [0.3, 0.4) is 0 Å². The molecule has 0 aliphatic heterocycles. The lowest BCUT2D eigenvalue weighted by atomic mass is 9.78. The Morgan fingerprint density at radius 2 is 1.60 bits per heavy atom. The van der Waals surface area contributed by atoms with E-state index >= 15 is 0 Å². The Morgan fingerprint density at radius 1 is 1.00 bits per heavy atom. The second kappa shape index (κ2) is 4.21. The quantitative estimate of drug-likeness (QED) is 0.736. The van der Waals surface area contributed by atoms with Gasteiger partial charge in [-0.1, -0.05) is 12.8 Å². The van der Waals surface area contributed by atoms with Gasteiger partial charge in [-0.15, -0.1) is 0 Å². The third-order valence-electron chi connectivity index (χ3n) is 3.34. The smallest absolute Gasteiger partial charge is 0.307 e. The van der Waals surface area contributed by atoms with E-state index in [0.717, 1.165) is 32.1 Å². The first-order chi connectivity index (χ1) is 7.18. The molecule has 0 aromatic carbocycles. The van der Waals surface area contributed by atoms with Crippen molar-refractivity contribution in [2.24, 2.45) is 11.8 Å². The summed E-state index contributed by atoms with van der Waals surface area (Å²) in [6.45, 7) is 0. The van der Waals surface area contributed by atoms with Crippen molar-refractivity contribution < 1.29 is 14.7 Å². The highest BCUT2D eigenvalue weighted by Gasteiger charge is 2.37. The number of carbonyl (C=O) groups excluding carboxylic acids is 1. The molecule has 2 N–H and O–H groups in total. The molecule has 4 heteroatoms. The maximum Gasteiger partial charge on any atom is 0.307 e. The Balaban J connectivity index is 1.96. The van der Waals surface area contributed by atoms with Gasteiger partial charge >= 0.3 is 5.97 Å². The molecule has 0 bridgehead atoms. The molecule has 4 nitrogen and oxygen atoms in total. The van der Waals surface area contributed by atoms with E-state index in [4.69, 9.17) is 5.11 Å². The van der Waals surface area contributed by atoms with Crippen LogP contribution in [0.15, 0.2) is 0 Å². The van der Waals surface area contributed by atoms with Crippen molar-refractivity contribution in [1.29, 1.82) is 0 Å². The van der Waals surface area contributed by atoms with Gasteiger partial charge in [-0.05, 0) is 25.7 Å². The molecule has 2 rings (SSSR count). The van der Waals surface area contributed by atoms with E-state index in [9.17, 15) is 9.59 Å². The van der Waals surface area contributed by atoms with Crippen LogP contribution in [-0.4, -0.2) is 23.0 Å². The van der Waals surface area contributed by atoms with Crippen molar-refractivity contribution in [3.63, 3.8) is 0 Å². The molecule has 2 saturated carbocycles. The Hall–Kier alpha value is -1.06. The third kappa shape index (κ3) is 2.49. The summed E-state index contributed by atoms with van der Waals surface area (Å²) in [6.07, 6.45) is 5.40. The molecule has 0 aromatic rings. The van der Waals surface area contributed by atoms with E-state index < -0.39 is 11.9 Å². The Labute approximate surface area is 89.0 Å². The molecule has 0 saturated heterocycles. The molecule has 84 valence electrons. The van der Waals surface area contributed by atoms with Gasteiger partial charge in [0.1, 0.15) is 0 Å². The summed E-state index contributed by atoms with van der Waals surface area (Å²) in [7, 11) is 0. The van der Waals surface area contributed by atoms with Crippen LogP contribution in [0.4, 0.5) is 0 Å². The lowest BCUT2D eigenvalue weighted by Crippen LogP contribution is -2.40. The summed E-state index contributed by atoms with van der Waals surface area (Å²) in [5.41, 5.74) is 0. The average molecular weight is 211 g/mol. The molecule has 0 heterocycles. The number of carbonyl (C=O) groups is 2. The summed E-state index contributed by atoms with van der Waals surface area (Å²) in [4.78, 5) is 22.8. The third-order valence-corrected chi connectivity index (χ3v) is 3.34. The first-order valence-electron chi connectivity index (χ1n) is 5.71. The van der Waals surface area contributed by atoms with Crippen molar-refractivity contribution >= 4 is 11.9 Å². The Morgan fingerprint density at radius 3 is 2.13 bits per heavy atom. The van der Waals surface area contributed by atoms with Gasteiger partial charge in [0, 0.05) is 6.04 Å². The monoisotopic (exact) mass is 211 g/mol. The minimum Gasteiger partial charge on any atom is -0.481 e. The molecule has 2 atom stereocenters. The lowest BCUT2D eigenvalue weighted by molar-refractivity contribution is -0.148. The van der Waals surface area contributed by atoms with E-state index in [1.165, 1.54) is 0 Å². The van der Waals surface area contributed by atoms with E-state index in [1.54, 1.807) is 0 Å². The van der Waals surface area contributed by atoms with E-state index in [0.29, 0.717) is 12.5 Å². The highest BCUT2D eigenvalue weighted by Crippen LogP contribution is 2.31. The molecule has 0 unspecified atom stereocenters. The van der Waals surface area contributed by atoms with Crippen LogP contribution in [0.25, 0.3) is 0 Å². The van der Waals surface area contributed by atoms with Gasteiger partial charge in [-0.3, -0.25) is 9.59 Å². The van der Waals surface area contributed by atoms with Gasteiger partial charge in [0.05, 0.1) is 11.8 Å². The SMILES string of the molecule is O=C(O)[C@H]1CCCC[C@H]1C(=O)NC1CC1. The summed E-state index contributed by atoms with van der Waals surface area (Å²) in [5, 5.41) is 11.9. The Bertz CT molecular complexity index is 273. The standard InChI is InChI=1S/C11H17NO3/c13-10(12-7-5-6-7)8-3-1-2-4-9(8)11(14)15/h7-9H,1-6H2,(H,12,13)(H,14,15)/t8-,9+/m1/s1. The number of nitrogens with one attached hydrogen (secondary N) is 1. The van der Waals surface area contributed by atoms with E-state index in [-0.39, 0.29) is 11.8 Å². The lowest BCUT2D eigenvalue weighted by Gasteiger charge is -2.27. The van der Waals surface area contributed by atoms with E-state index in [2.05, 4.69) is 5.32 Å². The van der Waals surface area contributed by atoms with E-state index in [1.807, 2.05) is 0 Å². The molecule has 1 amide bonds. The molecule has 15 heavy (non-hydrogen) atoms. The maximum absolute atomic E-state index is 11.8. The van der Waals surface area contributed by atoms with Gasteiger partial charge in [0.15, 0.2) is 0 Å². The van der Waals surface area contributed by atoms with Crippen molar-refractivity contribution in [3.05, 3.63) is 0 Å². The van der Waals surface area contributed by atoms with Gasteiger partial charge in [0.25, 0.3) is 0 Å². The van der Waals surface area contributed by atoms with Gasteiger partial charge < -0.3 is 10.4 Å². The van der Waals surface area contributed by atoms with Crippen LogP contribution in [-0.2, 0) is 9.59 Å². The molecular weight excluding hydrogens is 194 g/mol. The van der Waals surface area contributed by atoms with Crippen LogP contribution in [0.2, 0.25) is 0 Å². The number of hydrogen-bond acceptors (Lipinski definition) is 2. The van der Waals surface area contributed by atoms with Crippen LogP contribution in [0.5, 0.6) is 0 Å². The summed E-state index contributed by atoms with van der Waals surface area (Å²) >= 11 is 0. The molecule has 0 aromatic heterocycles. The second-order valence-corrected chi connectivity index (χ2v) is 4.62. The zero-order valence-corrected chi connectivity index (χ0v) is 8.74. The number of rotatable bonds is 3. The summed E-state index contributed by atoms with van der Waals surface area (Å²) < 4.78 is 0. The minimum atomic E-state index is -0.814. The normalized spacial score (nSPS) is 30.9. The van der Waals surface area contributed by atoms with Crippen molar-refractivity contribution in [3.8, 4) is 0 Å². The van der Waals surface area contributed by atoms with Gasteiger partial charge in [-0.2, -0.15) is 0 Å². The zero-order chi connectivity index (χ0) is 10.8. The fourth-order valence-corrected chi connectivity index (χ4v) is 2.28. The molecule has 2 aliphatic rings. The fourth-order valence-electron chi connectivity index (χ4n) is 2.28. The minimum absolute atomic E-state index is 0.0374. The van der Waals surface area contributed by atoms with Crippen LogP contribution < -0.4 is 5.32 Å². The van der Waals surface area contributed by atoms with Gasteiger partial charge in [0.2, 0.25) is 5.91 Å². The highest BCUT2D eigenvalue weighted by atomic mass is 16.4. The number of carboxylic acid groups (broad SMARTS) is 1. The molecule has 2 aliphatic carbocycles. The van der Waals surface area contributed by atoms with Crippen LogP contribution in [0, 0.1) is 11.8 Å². The second-order valence-electron chi connectivity index (χ2n) is 4.62. The largest absolute Gasteiger partial charge is 0.481 e. The van der Waals surface area contributed by atoms with Crippen LogP contribution >= 0.6 is 0 Å². The predicted molar refractivity (Wildman–Crippen MR) is 54.2 cm³/mol.